The van der Waals surface area contributed by atoms with Crippen LogP contribution < -0.4 is 5.73 Å². The molecule has 15 heavy (non-hydrogen) atoms. The highest BCUT2D eigenvalue weighted by Gasteiger charge is 2.09. The second-order valence-corrected chi connectivity index (χ2v) is 4.72. The number of hydrogen-bond acceptors (Lipinski definition) is 5. The van der Waals surface area contributed by atoms with Crippen molar-refractivity contribution in [3.05, 3.63) is 22.4 Å². The Hall–Kier alpha value is -0.910. The molecule has 2 heterocycles. The van der Waals surface area contributed by atoms with Gasteiger partial charge in [-0.25, -0.2) is 0 Å². The zero-order chi connectivity index (χ0) is 10.7. The van der Waals surface area contributed by atoms with Crippen LogP contribution >= 0.6 is 22.9 Å². The molecule has 0 aliphatic carbocycles. The summed E-state index contributed by atoms with van der Waals surface area (Å²) in [4.78, 5) is 5.17. The number of nitrogens with zero attached hydrogens (tertiary/aromatic N) is 2. The van der Waals surface area contributed by atoms with Gasteiger partial charge in [0.05, 0.1) is 9.21 Å². The third kappa shape index (κ3) is 2.56. The lowest BCUT2D eigenvalue weighted by atomic mass is 10.3. The minimum absolute atomic E-state index is 0.596. The first-order chi connectivity index (χ1) is 7.29. The monoisotopic (exact) mass is 243 g/mol. The van der Waals surface area contributed by atoms with E-state index in [-0.39, 0.29) is 0 Å². The van der Waals surface area contributed by atoms with Crippen molar-refractivity contribution in [1.82, 2.24) is 10.1 Å². The Morgan fingerprint density at radius 1 is 1.47 bits per heavy atom. The summed E-state index contributed by atoms with van der Waals surface area (Å²) in [5.74, 6) is 1.22. The van der Waals surface area contributed by atoms with Gasteiger partial charge in [0.25, 0.3) is 0 Å². The maximum atomic E-state index is 5.82. The number of halogens is 1. The summed E-state index contributed by atoms with van der Waals surface area (Å²) in [6, 6.07) is 3.70. The number of aryl methyl sites for hydroxylation is 1. The average molecular weight is 244 g/mol. The predicted molar refractivity (Wildman–Crippen MR) is 60.0 cm³/mol. The number of aromatic nitrogens is 2. The Kier molecular flexibility index (Phi) is 3.35. The van der Waals surface area contributed by atoms with Gasteiger partial charge in [0.2, 0.25) is 11.7 Å². The molecule has 0 unspecified atom stereocenters. The molecule has 0 fully saturated rings. The van der Waals surface area contributed by atoms with Crippen LogP contribution in [-0.4, -0.2) is 16.7 Å². The molecule has 0 spiro atoms. The topological polar surface area (TPSA) is 64.9 Å². The van der Waals surface area contributed by atoms with Crippen molar-refractivity contribution in [2.24, 2.45) is 5.73 Å². The fourth-order valence-corrected chi connectivity index (χ4v) is 2.11. The predicted octanol–water partition coefficient (Wildman–Crippen LogP) is 2.34. The van der Waals surface area contributed by atoms with Gasteiger partial charge in [-0.3, -0.25) is 0 Å². The Morgan fingerprint density at radius 2 is 2.33 bits per heavy atom. The van der Waals surface area contributed by atoms with E-state index in [1.54, 1.807) is 0 Å². The minimum atomic E-state index is 0.596. The Bertz CT molecular complexity index is 440. The number of hydrogen-bond donors (Lipinski definition) is 1. The summed E-state index contributed by atoms with van der Waals surface area (Å²) in [6.07, 6.45) is 1.58. The fraction of sp³-hybridized carbons (Fsp3) is 0.333. The van der Waals surface area contributed by atoms with Crippen LogP contribution in [0.3, 0.4) is 0 Å². The lowest BCUT2D eigenvalue weighted by Gasteiger charge is -1.88. The second kappa shape index (κ2) is 4.74. The Morgan fingerprint density at radius 3 is 3.00 bits per heavy atom. The molecule has 0 amide bonds. The van der Waals surface area contributed by atoms with E-state index in [4.69, 9.17) is 21.9 Å². The maximum absolute atomic E-state index is 5.82. The number of nitrogens with two attached hydrogens (primary N) is 1. The molecule has 0 saturated heterocycles. The van der Waals surface area contributed by atoms with Crippen LogP contribution in [0.15, 0.2) is 16.7 Å². The van der Waals surface area contributed by atoms with Crippen LogP contribution in [0.4, 0.5) is 0 Å². The van der Waals surface area contributed by atoms with Crippen molar-refractivity contribution < 1.29 is 4.52 Å². The third-order valence-electron chi connectivity index (χ3n) is 1.86. The number of rotatable bonds is 4. The van der Waals surface area contributed by atoms with Gasteiger partial charge in [0.1, 0.15) is 0 Å². The van der Waals surface area contributed by atoms with Crippen LogP contribution in [0.5, 0.6) is 0 Å². The Labute approximate surface area is 96.1 Å². The molecule has 2 aromatic rings. The first-order valence-corrected chi connectivity index (χ1v) is 5.77. The first-order valence-electron chi connectivity index (χ1n) is 4.58. The zero-order valence-electron chi connectivity index (χ0n) is 7.94. The highest BCUT2D eigenvalue weighted by Crippen LogP contribution is 2.28. The van der Waals surface area contributed by atoms with Crippen LogP contribution in [0.2, 0.25) is 4.34 Å². The van der Waals surface area contributed by atoms with Crippen LogP contribution in [0.25, 0.3) is 10.7 Å². The lowest BCUT2D eigenvalue weighted by Crippen LogP contribution is -2.00. The highest BCUT2D eigenvalue weighted by atomic mass is 35.5. The summed E-state index contributed by atoms with van der Waals surface area (Å²) in [6.45, 7) is 0.628. The molecular formula is C9H10ClN3OS. The van der Waals surface area contributed by atoms with Gasteiger partial charge in [-0.1, -0.05) is 16.8 Å². The van der Waals surface area contributed by atoms with Crippen molar-refractivity contribution in [2.45, 2.75) is 12.8 Å². The van der Waals surface area contributed by atoms with E-state index >= 15 is 0 Å². The lowest BCUT2D eigenvalue weighted by molar-refractivity contribution is 0.377. The summed E-state index contributed by atoms with van der Waals surface area (Å²) in [7, 11) is 0. The van der Waals surface area contributed by atoms with Gasteiger partial charge in [-0.05, 0) is 25.1 Å². The van der Waals surface area contributed by atoms with E-state index in [0.29, 0.717) is 18.3 Å². The molecule has 6 heteroatoms. The van der Waals surface area contributed by atoms with Crippen molar-refractivity contribution in [3.63, 3.8) is 0 Å². The zero-order valence-corrected chi connectivity index (χ0v) is 9.51. The van der Waals surface area contributed by atoms with E-state index in [1.165, 1.54) is 11.3 Å². The highest BCUT2D eigenvalue weighted by molar-refractivity contribution is 7.19. The van der Waals surface area contributed by atoms with Crippen molar-refractivity contribution in [2.75, 3.05) is 6.54 Å². The van der Waals surface area contributed by atoms with E-state index in [1.807, 2.05) is 12.1 Å². The maximum Gasteiger partial charge on any atom is 0.227 e. The van der Waals surface area contributed by atoms with Gasteiger partial charge in [0.15, 0.2) is 0 Å². The molecule has 0 aliphatic rings. The summed E-state index contributed by atoms with van der Waals surface area (Å²) < 4.78 is 5.80. The second-order valence-electron chi connectivity index (χ2n) is 3.01. The smallest absolute Gasteiger partial charge is 0.227 e. The van der Waals surface area contributed by atoms with Crippen LogP contribution in [-0.2, 0) is 6.42 Å². The summed E-state index contributed by atoms with van der Waals surface area (Å²) in [5.41, 5.74) is 5.39. The molecule has 0 aromatic carbocycles. The largest absolute Gasteiger partial charge is 0.339 e. The molecular weight excluding hydrogens is 234 g/mol. The van der Waals surface area contributed by atoms with Gasteiger partial charge in [-0.15, -0.1) is 11.3 Å². The van der Waals surface area contributed by atoms with E-state index < -0.39 is 0 Å². The van der Waals surface area contributed by atoms with Gasteiger partial charge < -0.3 is 10.3 Å². The van der Waals surface area contributed by atoms with Gasteiger partial charge >= 0.3 is 0 Å². The van der Waals surface area contributed by atoms with Gasteiger partial charge in [0, 0.05) is 6.42 Å². The summed E-state index contributed by atoms with van der Waals surface area (Å²) >= 11 is 7.25. The molecule has 80 valence electrons. The van der Waals surface area contributed by atoms with Gasteiger partial charge in [-0.2, -0.15) is 4.98 Å². The van der Waals surface area contributed by atoms with E-state index in [9.17, 15) is 0 Å². The van der Waals surface area contributed by atoms with E-state index in [0.717, 1.165) is 22.1 Å². The molecule has 0 radical (unpaired) electrons. The van der Waals surface area contributed by atoms with Crippen molar-refractivity contribution in [3.8, 4) is 10.7 Å². The molecule has 2 rings (SSSR count). The van der Waals surface area contributed by atoms with Crippen molar-refractivity contribution in [1.29, 1.82) is 0 Å². The normalized spacial score (nSPS) is 10.8. The molecule has 0 bridgehead atoms. The molecule has 4 nitrogen and oxygen atoms in total. The Balaban J connectivity index is 2.13. The first kappa shape index (κ1) is 10.6. The third-order valence-corrected chi connectivity index (χ3v) is 3.08. The fourth-order valence-electron chi connectivity index (χ4n) is 1.14. The minimum Gasteiger partial charge on any atom is -0.339 e. The molecule has 0 aliphatic heterocycles. The molecule has 2 N–H and O–H groups in total. The quantitative estimate of drug-likeness (QED) is 0.895. The number of thiophene rings is 1. The molecule has 0 saturated carbocycles. The standard InChI is InChI=1S/C9H10ClN3OS/c10-7-4-3-6(15-7)9-12-8(14-13-9)2-1-5-11/h3-4H,1-2,5,11H2. The van der Waals surface area contributed by atoms with E-state index in [2.05, 4.69) is 10.1 Å². The molecule has 2 aromatic heterocycles. The summed E-state index contributed by atoms with van der Waals surface area (Å²) in [5, 5.41) is 3.88. The van der Waals surface area contributed by atoms with Crippen LogP contribution in [0.1, 0.15) is 12.3 Å². The SMILES string of the molecule is NCCCc1nc(-c2ccc(Cl)s2)no1. The average Bonchev–Trinajstić information content (AvgIpc) is 2.83. The molecule has 0 atom stereocenters. The van der Waals surface area contributed by atoms with Crippen LogP contribution in [0, 0.1) is 0 Å². The van der Waals surface area contributed by atoms with Crippen molar-refractivity contribution >= 4 is 22.9 Å².